The summed E-state index contributed by atoms with van der Waals surface area (Å²) < 4.78 is 6.19. The average molecular weight is 496 g/mol. The molecule has 31 heavy (non-hydrogen) atoms. The zero-order valence-electron chi connectivity index (χ0n) is 15.4. The molecule has 0 aliphatic heterocycles. The highest BCUT2D eigenvalue weighted by Crippen LogP contribution is 2.31. The minimum absolute atomic E-state index is 0.157. The second kappa shape index (κ2) is 8.14. The summed E-state index contributed by atoms with van der Waals surface area (Å²) in [6, 6.07) is 12.7. The van der Waals surface area contributed by atoms with Crippen molar-refractivity contribution < 1.29 is 14.4 Å². The molecule has 8 nitrogen and oxygen atoms in total. The fourth-order valence-corrected chi connectivity index (χ4v) is 4.04. The van der Waals surface area contributed by atoms with Crippen LogP contribution in [0.1, 0.15) is 10.6 Å². The Bertz CT molecular complexity index is 1480. The third-order valence-corrected chi connectivity index (χ3v) is 5.70. The molecule has 152 valence electrons. The molecule has 4 rings (SSSR count). The van der Waals surface area contributed by atoms with Gasteiger partial charge < -0.3 is 9.52 Å². The summed E-state index contributed by atoms with van der Waals surface area (Å²) in [5.74, 6) is -0.466. The number of nitrogens with zero attached hydrogens (tertiary/aromatic N) is 3. The number of fused-ring (bicyclic) bond motifs is 1. The number of rotatable bonds is 4. The molecule has 0 aliphatic carbocycles. The van der Waals surface area contributed by atoms with E-state index in [9.17, 15) is 25.3 Å². The van der Waals surface area contributed by atoms with Gasteiger partial charge in [0.1, 0.15) is 16.7 Å². The van der Waals surface area contributed by atoms with Crippen LogP contribution in [0.3, 0.4) is 0 Å². The van der Waals surface area contributed by atoms with Gasteiger partial charge in [0.2, 0.25) is 0 Å². The maximum absolute atomic E-state index is 12.4. The van der Waals surface area contributed by atoms with Gasteiger partial charge in [-0.25, -0.2) is 9.78 Å². The van der Waals surface area contributed by atoms with Crippen LogP contribution >= 0.6 is 27.3 Å². The summed E-state index contributed by atoms with van der Waals surface area (Å²) in [6.45, 7) is 0. The van der Waals surface area contributed by atoms with Crippen LogP contribution in [0.5, 0.6) is 5.75 Å². The van der Waals surface area contributed by atoms with Crippen LogP contribution in [0.4, 0.5) is 5.69 Å². The molecule has 0 unspecified atom stereocenters. The number of hydrogen-bond donors (Lipinski definition) is 1. The Balaban J connectivity index is 1.75. The highest BCUT2D eigenvalue weighted by Gasteiger charge is 2.16. The first-order valence-electron chi connectivity index (χ1n) is 8.64. The third kappa shape index (κ3) is 4.09. The van der Waals surface area contributed by atoms with Gasteiger partial charge in [-0.2, -0.15) is 5.26 Å². The summed E-state index contributed by atoms with van der Waals surface area (Å²) in [6.07, 6.45) is 1.43. The van der Waals surface area contributed by atoms with E-state index in [1.54, 1.807) is 23.6 Å². The Morgan fingerprint density at radius 3 is 2.84 bits per heavy atom. The SMILES string of the molecule is N#C/C(=C/c1ccc(O)c([N+](=O)[O-])c1)c1nc(-c2cc3cc(Br)ccc3oc2=O)cs1. The van der Waals surface area contributed by atoms with Gasteiger partial charge in [-0.05, 0) is 42.0 Å². The minimum atomic E-state index is -0.711. The van der Waals surface area contributed by atoms with Gasteiger partial charge in [-0.3, -0.25) is 10.1 Å². The maximum Gasteiger partial charge on any atom is 0.345 e. The van der Waals surface area contributed by atoms with Gasteiger partial charge in [0.25, 0.3) is 0 Å². The van der Waals surface area contributed by atoms with E-state index in [-0.39, 0.29) is 11.1 Å². The average Bonchev–Trinajstić information content (AvgIpc) is 3.22. The molecule has 0 radical (unpaired) electrons. The molecule has 1 N–H and O–H groups in total. The van der Waals surface area contributed by atoms with Crippen molar-refractivity contribution in [2.45, 2.75) is 0 Å². The van der Waals surface area contributed by atoms with Crippen LogP contribution in [-0.4, -0.2) is 15.0 Å². The zero-order chi connectivity index (χ0) is 22.1. The third-order valence-electron chi connectivity index (χ3n) is 4.33. The Labute approximate surface area is 186 Å². The van der Waals surface area contributed by atoms with Gasteiger partial charge in [0, 0.05) is 21.3 Å². The standard InChI is InChI=1S/C21H10BrN3O5S/c22-14-2-4-19-12(7-14)8-15(21(27)30-19)16-10-31-20(24-16)13(9-23)5-11-1-3-18(26)17(6-11)25(28)29/h1-8,10,26H/b13-5-. The highest BCUT2D eigenvalue weighted by molar-refractivity contribution is 9.10. The topological polar surface area (TPSA) is 130 Å². The van der Waals surface area contributed by atoms with Gasteiger partial charge in [0.05, 0.1) is 21.8 Å². The molecule has 0 bridgehead atoms. The predicted octanol–water partition coefficient (Wildman–Crippen LogP) is 5.36. The van der Waals surface area contributed by atoms with E-state index in [0.29, 0.717) is 27.2 Å². The monoisotopic (exact) mass is 495 g/mol. The van der Waals surface area contributed by atoms with E-state index in [0.717, 1.165) is 21.9 Å². The van der Waals surface area contributed by atoms with Crippen LogP contribution in [0, 0.1) is 21.4 Å². The number of phenols is 1. The van der Waals surface area contributed by atoms with E-state index < -0.39 is 22.0 Å². The van der Waals surface area contributed by atoms with Gasteiger partial charge in [-0.1, -0.05) is 22.0 Å². The number of halogens is 1. The largest absolute Gasteiger partial charge is 0.502 e. The lowest BCUT2D eigenvalue weighted by atomic mass is 10.1. The zero-order valence-corrected chi connectivity index (χ0v) is 17.8. The molecule has 2 aromatic heterocycles. The van der Waals surface area contributed by atoms with Crippen LogP contribution < -0.4 is 5.63 Å². The molecule has 4 aromatic rings. The molecule has 0 aliphatic rings. The van der Waals surface area contributed by atoms with E-state index in [1.807, 2.05) is 12.1 Å². The molecule has 0 spiro atoms. The van der Waals surface area contributed by atoms with Crippen molar-refractivity contribution in [3.8, 4) is 23.1 Å². The van der Waals surface area contributed by atoms with Gasteiger partial charge in [-0.15, -0.1) is 11.3 Å². The number of aromatic nitrogens is 1. The van der Waals surface area contributed by atoms with Crippen LogP contribution in [0.25, 0.3) is 33.9 Å². The number of nitro benzene ring substituents is 1. The predicted molar refractivity (Wildman–Crippen MR) is 120 cm³/mol. The normalized spacial score (nSPS) is 11.4. The van der Waals surface area contributed by atoms with Gasteiger partial charge >= 0.3 is 11.3 Å². The second-order valence-electron chi connectivity index (χ2n) is 6.34. The Kier molecular flexibility index (Phi) is 5.37. The van der Waals surface area contributed by atoms with Crippen LogP contribution in [0.15, 0.2) is 61.5 Å². The number of benzene rings is 2. The number of nitriles is 1. The van der Waals surface area contributed by atoms with E-state index in [2.05, 4.69) is 20.9 Å². The molecular weight excluding hydrogens is 486 g/mol. The van der Waals surface area contributed by atoms with Crippen molar-refractivity contribution in [1.29, 1.82) is 5.26 Å². The second-order valence-corrected chi connectivity index (χ2v) is 8.12. The summed E-state index contributed by atoms with van der Waals surface area (Å²) in [5.41, 5.74) is 0.546. The first-order valence-corrected chi connectivity index (χ1v) is 10.3. The molecule has 2 aromatic carbocycles. The van der Waals surface area contributed by atoms with Gasteiger partial charge in [0.15, 0.2) is 5.75 Å². The van der Waals surface area contributed by atoms with Crippen LogP contribution in [-0.2, 0) is 0 Å². The summed E-state index contributed by atoms with van der Waals surface area (Å²) in [5, 5.41) is 32.8. The van der Waals surface area contributed by atoms with Crippen molar-refractivity contribution in [2.75, 3.05) is 0 Å². The van der Waals surface area contributed by atoms with Crippen molar-refractivity contribution in [3.63, 3.8) is 0 Å². The minimum Gasteiger partial charge on any atom is -0.502 e. The molecule has 0 saturated heterocycles. The Hall–Kier alpha value is -3.81. The molecule has 0 atom stereocenters. The van der Waals surface area contributed by atoms with Crippen molar-refractivity contribution in [1.82, 2.24) is 4.98 Å². The van der Waals surface area contributed by atoms with Crippen molar-refractivity contribution in [2.24, 2.45) is 0 Å². The van der Waals surface area contributed by atoms with Crippen LogP contribution in [0.2, 0.25) is 0 Å². The first kappa shape index (κ1) is 20.5. The molecule has 0 saturated carbocycles. The van der Waals surface area contributed by atoms with Crippen molar-refractivity contribution in [3.05, 3.63) is 83.4 Å². The highest BCUT2D eigenvalue weighted by atomic mass is 79.9. The first-order chi connectivity index (χ1) is 14.9. The Morgan fingerprint density at radius 2 is 2.10 bits per heavy atom. The molecule has 0 amide bonds. The number of phenolic OH excluding ortho intramolecular Hbond substituents is 1. The number of thiazole rings is 1. The maximum atomic E-state index is 12.4. The number of nitro groups is 1. The Morgan fingerprint density at radius 1 is 1.29 bits per heavy atom. The molecule has 10 heteroatoms. The summed E-state index contributed by atoms with van der Waals surface area (Å²) in [7, 11) is 0. The smallest absolute Gasteiger partial charge is 0.345 e. The lowest BCUT2D eigenvalue weighted by molar-refractivity contribution is -0.385. The lowest BCUT2D eigenvalue weighted by Gasteiger charge is -2.00. The van der Waals surface area contributed by atoms with E-state index in [1.165, 1.54) is 18.2 Å². The lowest BCUT2D eigenvalue weighted by Crippen LogP contribution is -2.02. The van der Waals surface area contributed by atoms with E-state index >= 15 is 0 Å². The molecule has 0 fully saturated rings. The molecule has 2 heterocycles. The number of aromatic hydroxyl groups is 1. The quantitative estimate of drug-likeness (QED) is 0.174. The molecular formula is C21H10BrN3O5S. The fraction of sp³-hybridized carbons (Fsp3) is 0. The summed E-state index contributed by atoms with van der Waals surface area (Å²) in [4.78, 5) is 27.1. The van der Waals surface area contributed by atoms with Crippen molar-refractivity contribution >= 4 is 55.6 Å². The summed E-state index contributed by atoms with van der Waals surface area (Å²) >= 11 is 4.53. The number of hydrogen-bond acceptors (Lipinski definition) is 8. The fourth-order valence-electron chi connectivity index (χ4n) is 2.88. The number of allylic oxidation sites excluding steroid dienone is 1. The van der Waals surface area contributed by atoms with E-state index in [4.69, 9.17) is 4.42 Å².